The average molecular weight is 369 g/mol. The molecule has 8 heteroatoms. The minimum Gasteiger partial charge on any atom is -0.435 e. The lowest BCUT2D eigenvalue weighted by Crippen LogP contribution is -2.49. The van der Waals surface area contributed by atoms with E-state index < -0.39 is 6.61 Å². The van der Waals surface area contributed by atoms with Gasteiger partial charge in [-0.1, -0.05) is 12.1 Å². The number of carbonyl (C=O) groups is 2. The van der Waals surface area contributed by atoms with Crippen molar-refractivity contribution in [2.45, 2.75) is 39.3 Å². The van der Waals surface area contributed by atoms with Crippen molar-refractivity contribution >= 4 is 11.9 Å². The molecule has 1 aromatic carbocycles. The SMILES string of the molecule is CCNC(=O)[C@@H]1CCCN(C(=O)N[C@@H](C)c2ccc(OC(F)F)cc2)C1. The van der Waals surface area contributed by atoms with E-state index in [-0.39, 0.29) is 29.6 Å². The van der Waals surface area contributed by atoms with E-state index in [1.165, 1.54) is 12.1 Å². The fourth-order valence-electron chi connectivity index (χ4n) is 2.99. The third kappa shape index (κ3) is 5.57. The van der Waals surface area contributed by atoms with E-state index in [2.05, 4.69) is 15.4 Å². The fraction of sp³-hybridized carbons (Fsp3) is 0.556. The van der Waals surface area contributed by atoms with Crippen molar-refractivity contribution in [1.29, 1.82) is 0 Å². The summed E-state index contributed by atoms with van der Waals surface area (Å²) in [5.41, 5.74) is 0.775. The van der Waals surface area contributed by atoms with Crippen LogP contribution in [-0.4, -0.2) is 43.1 Å². The van der Waals surface area contributed by atoms with Crippen molar-refractivity contribution in [2.24, 2.45) is 5.92 Å². The summed E-state index contributed by atoms with van der Waals surface area (Å²) < 4.78 is 28.7. The molecule has 0 unspecified atom stereocenters. The maximum Gasteiger partial charge on any atom is 0.387 e. The number of hydrogen-bond acceptors (Lipinski definition) is 3. The van der Waals surface area contributed by atoms with Crippen LogP contribution in [-0.2, 0) is 4.79 Å². The summed E-state index contributed by atoms with van der Waals surface area (Å²) in [6.07, 6.45) is 1.56. The first-order chi connectivity index (χ1) is 12.4. The molecular weight excluding hydrogens is 344 g/mol. The summed E-state index contributed by atoms with van der Waals surface area (Å²) in [4.78, 5) is 26.1. The van der Waals surface area contributed by atoms with Gasteiger partial charge in [-0.05, 0) is 44.4 Å². The first kappa shape index (κ1) is 19.9. The zero-order valence-electron chi connectivity index (χ0n) is 15.0. The van der Waals surface area contributed by atoms with E-state index in [4.69, 9.17) is 0 Å². The lowest BCUT2D eigenvalue weighted by atomic mass is 9.97. The van der Waals surface area contributed by atoms with Gasteiger partial charge in [0.1, 0.15) is 5.75 Å². The molecule has 0 radical (unpaired) electrons. The molecule has 3 amide bonds. The number of carbonyl (C=O) groups excluding carboxylic acids is 2. The molecule has 6 nitrogen and oxygen atoms in total. The smallest absolute Gasteiger partial charge is 0.387 e. The minimum atomic E-state index is -2.87. The molecular formula is C18H25F2N3O3. The molecule has 26 heavy (non-hydrogen) atoms. The van der Waals surface area contributed by atoms with Crippen molar-refractivity contribution < 1.29 is 23.1 Å². The molecule has 1 aromatic rings. The van der Waals surface area contributed by atoms with Crippen LogP contribution < -0.4 is 15.4 Å². The highest BCUT2D eigenvalue weighted by atomic mass is 19.3. The van der Waals surface area contributed by atoms with Gasteiger partial charge in [0.2, 0.25) is 5.91 Å². The molecule has 1 aliphatic heterocycles. The number of rotatable bonds is 6. The second-order valence-electron chi connectivity index (χ2n) is 6.30. The molecule has 0 aromatic heterocycles. The third-order valence-corrected chi connectivity index (χ3v) is 4.38. The average Bonchev–Trinajstić information content (AvgIpc) is 2.62. The van der Waals surface area contributed by atoms with E-state index in [9.17, 15) is 18.4 Å². The van der Waals surface area contributed by atoms with Gasteiger partial charge in [0, 0.05) is 19.6 Å². The van der Waals surface area contributed by atoms with Crippen molar-refractivity contribution in [3.63, 3.8) is 0 Å². The van der Waals surface area contributed by atoms with Crippen LogP contribution in [0.5, 0.6) is 5.75 Å². The van der Waals surface area contributed by atoms with Crippen molar-refractivity contribution in [3.05, 3.63) is 29.8 Å². The van der Waals surface area contributed by atoms with Crippen LogP contribution in [0.2, 0.25) is 0 Å². The van der Waals surface area contributed by atoms with Gasteiger partial charge in [-0.25, -0.2) is 4.79 Å². The standard InChI is InChI=1S/C18H25F2N3O3/c1-3-21-16(24)14-5-4-10-23(11-14)18(25)22-12(2)13-6-8-15(9-7-13)26-17(19)20/h6-9,12,14,17H,3-5,10-11H2,1-2H3,(H,21,24)(H,22,25)/t12-,14+/m0/s1. The number of halogens is 2. The molecule has 0 spiro atoms. The van der Waals surface area contributed by atoms with Gasteiger partial charge < -0.3 is 20.3 Å². The molecule has 2 rings (SSSR count). The van der Waals surface area contributed by atoms with E-state index in [1.54, 1.807) is 17.0 Å². The van der Waals surface area contributed by atoms with Crippen LogP contribution in [0.15, 0.2) is 24.3 Å². The molecule has 144 valence electrons. The van der Waals surface area contributed by atoms with Gasteiger partial charge in [-0.3, -0.25) is 4.79 Å². The number of nitrogens with one attached hydrogen (secondary N) is 2. The molecule has 0 bridgehead atoms. The number of likely N-dealkylation sites (tertiary alicyclic amines) is 1. The Morgan fingerprint density at radius 1 is 1.31 bits per heavy atom. The lowest BCUT2D eigenvalue weighted by Gasteiger charge is -2.33. The normalized spacial score (nSPS) is 18.3. The Labute approximate surface area is 151 Å². The Morgan fingerprint density at radius 3 is 2.62 bits per heavy atom. The topological polar surface area (TPSA) is 70.7 Å². The van der Waals surface area contributed by atoms with Crippen molar-refractivity contribution in [1.82, 2.24) is 15.5 Å². The summed E-state index contributed by atoms with van der Waals surface area (Å²) in [6, 6.07) is 5.62. The quantitative estimate of drug-likeness (QED) is 0.810. The number of hydrogen-bond donors (Lipinski definition) is 2. The summed E-state index contributed by atoms with van der Waals surface area (Å²) in [6.45, 7) is 2.39. The van der Waals surface area contributed by atoms with Crippen molar-refractivity contribution in [3.8, 4) is 5.75 Å². The fourth-order valence-corrected chi connectivity index (χ4v) is 2.99. The Bertz CT molecular complexity index is 610. The van der Waals surface area contributed by atoms with Crippen molar-refractivity contribution in [2.75, 3.05) is 19.6 Å². The Balaban J connectivity index is 1.90. The molecule has 2 atom stereocenters. The second-order valence-corrected chi connectivity index (χ2v) is 6.30. The molecule has 0 aliphatic carbocycles. The molecule has 2 N–H and O–H groups in total. The second kappa shape index (κ2) is 9.35. The van der Waals surface area contributed by atoms with Gasteiger partial charge in [0.25, 0.3) is 0 Å². The number of ether oxygens (including phenoxy) is 1. The van der Waals surface area contributed by atoms with Gasteiger partial charge in [0.05, 0.1) is 12.0 Å². The number of nitrogens with zero attached hydrogens (tertiary/aromatic N) is 1. The zero-order chi connectivity index (χ0) is 19.1. The lowest BCUT2D eigenvalue weighted by molar-refractivity contribution is -0.126. The number of piperidine rings is 1. The number of alkyl halides is 2. The summed E-state index contributed by atoms with van der Waals surface area (Å²) in [7, 11) is 0. The van der Waals surface area contributed by atoms with Crippen LogP contribution in [0, 0.1) is 5.92 Å². The Hall–Kier alpha value is -2.38. The predicted molar refractivity (Wildman–Crippen MR) is 93.0 cm³/mol. The number of benzene rings is 1. The van der Waals surface area contributed by atoms with Gasteiger partial charge in [-0.2, -0.15) is 8.78 Å². The molecule has 1 aliphatic rings. The van der Waals surface area contributed by atoms with E-state index in [1.807, 2.05) is 13.8 Å². The maximum absolute atomic E-state index is 12.5. The monoisotopic (exact) mass is 369 g/mol. The largest absolute Gasteiger partial charge is 0.435 e. The highest BCUT2D eigenvalue weighted by molar-refractivity contribution is 5.80. The summed E-state index contributed by atoms with van der Waals surface area (Å²) in [5, 5.41) is 5.68. The van der Waals surface area contributed by atoms with E-state index in [0.717, 1.165) is 18.4 Å². The maximum atomic E-state index is 12.5. The zero-order valence-corrected chi connectivity index (χ0v) is 15.0. The highest BCUT2D eigenvalue weighted by Crippen LogP contribution is 2.21. The molecule has 0 saturated carbocycles. The predicted octanol–water partition coefficient (Wildman–Crippen LogP) is 2.91. The van der Waals surface area contributed by atoms with Gasteiger partial charge in [0.15, 0.2) is 0 Å². The molecule has 1 fully saturated rings. The number of amides is 3. The number of urea groups is 1. The van der Waals surface area contributed by atoms with Gasteiger partial charge >= 0.3 is 12.6 Å². The first-order valence-electron chi connectivity index (χ1n) is 8.78. The highest BCUT2D eigenvalue weighted by Gasteiger charge is 2.28. The van der Waals surface area contributed by atoms with Crippen LogP contribution >= 0.6 is 0 Å². The summed E-state index contributed by atoms with van der Waals surface area (Å²) in [5.74, 6) is -0.133. The molecule has 1 heterocycles. The molecule has 1 saturated heterocycles. The third-order valence-electron chi connectivity index (χ3n) is 4.38. The van der Waals surface area contributed by atoms with Crippen LogP contribution in [0.4, 0.5) is 13.6 Å². The van der Waals surface area contributed by atoms with E-state index in [0.29, 0.717) is 19.6 Å². The Morgan fingerprint density at radius 2 is 2.00 bits per heavy atom. The van der Waals surface area contributed by atoms with Crippen LogP contribution in [0.1, 0.15) is 38.3 Å². The van der Waals surface area contributed by atoms with E-state index >= 15 is 0 Å². The van der Waals surface area contributed by atoms with Crippen LogP contribution in [0.3, 0.4) is 0 Å². The van der Waals surface area contributed by atoms with Crippen LogP contribution in [0.25, 0.3) is 0 Å². The van der Waals surface area contributed by atoms with Gasteiger partial charge in [-0.15, -0.1) is 0 Å². The minimum absolute atomic E-state index is 0.0207. The summed E-state index contributed by atoms with van der Waals surface area (Å²) >= 11 is 0. The Kier molecular flexibility index (Phi) is 7.17. The first-order valence-corrected chi connectivity index (χ1v) is 8.78.